The van der Waals surface area contributed by atoms with Crippen LogP contribution in [-0.4, -0.2) is 0 Å². The summed E-state index contributed by atoms with van der Waals surface area (Å²) in [6, 6.07) is 55.2. The largest absolute Gasteiger partial charge is 0.135 e. The van der Waals surface area contributed by atoms with Crippen LogP contribution in [0.1, 0.15) is 49.9 Å². The van der Waals surface area contributed by atoms with Crippen LogP contribution < -0.4 is 0 Å². The van der Waals surface area contributed by atoms with Crippen LogP contribution in [-0.2, 0) is 10.8 Å². The van der Waals surface area contributed by atoms with Gasteiger partial charge in [0, 0.05) is 31.0 Å². The van der Waals surface area contributed by atoms with E-state index in [9.17, 15) is 0 Å². The van der Waals surface area contributed by atoms with E-state index in [1.165, 1.54) is 108 Å². The van der Waals surface area contributed by atoms with Crippen molar-refractivity contribution in [2.24, 2.45) is 0 Å². The van der Waals surface area contributed by atoms with Gasteiger partial charge in [0.2, 0.25) is 0 Å². The van der Waals surface area contributed by atoms with Gasteiger partial charge in [-0.15, -0.1) is 11.3 Å². The lowest BCUT2D eigenvalue weighted by Gasteiger charge is -2.24. The van der Waals surface area contributed by atoms with Crippen molar-refractivity contribution in [2.45, 2.75) is 38.5 Å². The fourth-order valence-electron chi connectivity index (χ4n) is 9.80. The normalized spacial score (nSPS) is 15.0. The van der Waals surface area contributed by atoms with Crippen molar-refractivity contribution in [3.8, 4) is 44.5 Å². The molecule has 9 aromatic rings. The van der Waals surface area contributed by atoms with Crippen LogP contribution in [0.3, 0.4) is 0 Å². The predicted octanol–water partition coefficient (Wildman–Crippen LogP) is 14.3. The van der Waals surface area contributed by atoms with Crippen molar-refractivity contribution < 1.29 is 0 Å². The maximum Gasteiger partial charge on any atom is 0.0361 e. The Morgan fingerprint density at radius 3 is 1.53 bits per heavy atom. The minimum atomic E-state index is -0.126. The zero-order valence-corrected chi connectivity index (χ0v) is 30.1. The minimum Gasteiger partial charge on any atom is -0.135 e. The summed E-state index contributed by atoms with van der Waals surface area (Å²) in [6.07, 6.45) is 0. The van der Waals surface area contributed by atoms with Gasteiger partial charge in [0.1, 0.15) is 0 Å². The molecule has 0 N–H and O–H groups in total. The summed E-state index contributed by atoms with van der Waals surface area (Å²) >= 11 is 1.89. The summed E-state index contributed by atoms with van der Waals surface area (Å²) in [6.45, 7) is 9.61. The van der Waals surface area contributed by atoms with Gasteiger partial charge in [-0.05, 0) is 119 Å². The standard InChI is InChI=1S/C50H36S/c1-49(2)40-21-11-9-14-30(40)38-27-43-39(28-42(38)49)31-25-24-29(26-41(31)50(43,3)4)46-32-15-5-7-17-34(32)47(35-18-8-6-16-33(35)46)37-20-13-23-45-48(37)36-19-10-12-22-44(36)51-45/h5-28H,1-4H3. The Balaban J connectivity index is 1.16. The third-order valence-corrected chi connectivity index (χ3v) is 13.4. The van der Waals surface area contributed by atoms with Gasteiger partial charge in [-0.3, -0.25) is 0 Å². The molecule has 0 unspecified atom stereocenters. The number of benzene rings is 8. The van der Waals surface area contributed by atoms with Crippen LogP contribution >= 0.6 is 11.3 Å². The molecule has 51 heavy (non-hydrogen) atoms. The van der Waals surface area contributed by atoms with Gasteiger partial charge in [-0.25, -0.2) is 0 Å². The van der Waals surface area contributed by atoms with Gasteiger partial charge in [-0.2, -0.15) is 0 Å². The molecule has 1 heterocycles. The van der Waals surface area contributed by atoms with Crippen molar-refractivity contribution in [3.63, 3.8) is 0 Å². The van der Waals surface area contributed by atoms with Gasteiger partial charge in [0.25, 0.3) is 0 Å². The molecule has 0 bridgehead atoms. The molecule has 0 fully saturated rings. The van der Waals surface area contributed by atoms with Gasteiger partial charge in [0.05, 0.1) is 0 Å². The number of thiophene rings is 1. The van der Waals surface area contributed by atoms with E-state index in [4.69, 9.17) is 0 Å². The van der Waals surface area contributed by atoms with E-state index in [0.29, 0.717) is 0 Å². The van der Waals surface area contributed by atoms with E-state index >= 15 is 0 Å². The molecule has 0 nitrogen and oxygen atoms in total. The molecule has 0 radical (unpaired) electrons. The number of fused-ring (bicyclic) bond motifs is 11. The van der Waals surface area contributed by atoms with Gasteiger partial charge < -0.3 is 0 Å². The van der Waals surface area contributed by atoms with E-state index < -0.39 is 0 Å². The molecular weight excluding hydrogens is 633 g/mol. The Labute approximate surface area is 302 Å². The van der Waals surface area contributed by atoms with Crippen molar-refractivity contribution in [1.82, 2.24) is 0 Å². The molecule has 11 rings (SSSR count). The summed E-state index contributed by atoms with van der Waals surface area (Å²) in [5.41, 5.74) is 16.4. The highest BCUT2D eigenvalue weighted by Crippen LogP contribution is 2.57. The highest BCUT2D eigenvalue weighted by molar-refractivity contribution is 7.25. The fourth-order valence-corrected chi connectivity index (χ4v) is 10.9. The Morgan fingerprint density at radius 2 is 0.843 bits per heavy atom. The quantitative estimate of drug-likeness (QED) is 0.161. The Hall–Kier alpha value is -5.50. The summed E-state index contributed by atoms with van der Waals surface area (Å²) in [5.74, 6) is 0. The monoisotopic (exact) mass is 668 g/mol. The lowest BCUT2D eigenvalue weighted by molar-refractivity contribution is 0.652. The van der Waals surface area contributed by atoms with Gasteiger partial charge >= 0.3 is 0 Å². The van der Waals surface area contributed by atoms with E-state index in [1.54, 1.807) is 0 Å². The molecule has 242 valence electrons. The van der Waals surface area contributed by atoms with Crippen molar-refractivity contribution in [3.05, 3.63) is 168 Å². The fraction of sp³-hybridized carbons (Fsp3) is 0.120. The Morgan fingerprint density at radius 1 is 0.353 bits per heavy atom. The highest BCUT2D eigenvalue weighted by atomic mass is 32.1. The average Bonchev–Trinajstić information content (AvgIpc) is 3.73. The predicted molar refractivity (Wildman–Crippen MR) is 220 cm³/mol. The summed E-state index contributed by atoms with van der Waals surface area (Å²) in [7, 11) is 0. The first-order valence-corrected chi connectivity index (χ1v) is 18.9. The molecule has 1 heteroatoms. The van der Waals surface area contributed by atoms with Crippen LogP contribution in [0.5, 0.6) is 0 Å². The van der Waals surface area contributed by atoms with E-state index in [1.807, 2.05) is 11.3 Å². The Kier molecular flexibility index (Phi) is 5.77. The summed E-state index contributed by atoms with van der Waals surface area (Å²) in [4.78, 5) is 0. The van der Waals surface area contributed by atoms with Crippen molar-refractivity contribution >= 4 is 53.1 Å². The molecule has 0 amide bonds. The Bertz CT molecular complexity index is 2910. The third-order valence-electron chi connectivity index (χ3n) is 12.3. The summed E-state index contributed by atoms with van der Waals surface area (Å²) < 4.78 is 2.68. The molecule has 1 aromatic heterocycles. The first-order chi connectivity index (χ1) is 24.8. The van der Waals surface area contributed by atoms with Gasteiger partial charge in [-0.1, -0.05) is 143 Å². The average molecular weight is 669 g/mol. The topological polar surface area (TPSA) is 0 Å². The van der Waals surface area contributed by atoms with Crippen LogP contribution in [0.4, 0.5) is 0 Å². The number of hydrogen-bond donors (Lipinski definition) is 0. The number of hydrogen-bond acceptors (Lipinski definition) is 1. The second-order valence-corrected chi connectivity index (χ2v) is 16.7. The second kappa shape index (κ2) is 10.1. The molecular formula is C50H36S. The first-order valence-electron chi connectivity index (χ1n) is 18.1. The smallest absolute Gasteiger partial charge is 0.0361 e. The molecule has 0 spiro atoms. The zero-order chi connectivity index (χ0) is 34.2. The minimum absolute atomic E-state index is 0.0208. The van der Waals surface area contributed by atoms with E-state index in [2.05, 4.69) is 173 Å². The lowest BCUT2D eigenvalue weighted by atomic mass is 9.78. The lowest BCUT2D eigenvalue weighted by Crippen LogP contribution is -2.17. The molecule has 0 atom stereocenters. The van der Waals surface area contributed by atoms with E-state index in [-0.39, 0.29) is 10.8 Å². The molecule has 2 aliphatic carbocycles. The third kappa shape index (κ3) is 3.80. The van der Waals surface area contributed by atoms with Crippen LogP contribution in [0.15, 0.2) is 146 Å². The maximum absolute atomic E-state index is 2.52. The van der Waals surface area contributed by atoms with Crippen molar-refractivity contribution in [2.75, 3.05) is 0 Å². The highest BCUT2D eigenvalue weighted by Gasteiger charge is 2.41. The zero-order valence-electron chi connectivity index (χ0n) is 29.3. The first kappa shape index (κ1) is 29.3. The molecule has 0 saturated carbocycles. The molecule has 0 saturated heterocycles. The molecule has 8 aromatic carbocycles. The van der Waals surface area contributed by atoms with Gasteiger partial charge in [0.15, 0.2) is 0 Å². The van der Waals surface area contributed by atoms with E-state index in [0.717, 1.165) is 0 Å². The second-order valence-electron chi connectivity index (χ2n) is 15.6. The van der Waals surface area contributed by atoms with Crippen molar-refractivity contribution in [1.29, 1.82) is 0 Å². The van der Waals surface area contributed by atoms with Crippen LogP contribution in [0.25, 0.3) is 86.2 Å². The van der Waals surface area contributed by atoms with Crippen LogP contribution in [0.2, 0.25) is 0 Å². The molecule has 0 aliphatic heterocycles. The molecule has 2 aliphatic rings. The van der Waals surface area contributed by atoms with Crippen LogP contribution in [0, 0.1) is 0 Å². The maximum atomic E-state index is 2.52. The number of rotatable bonds is 2. The SMILES string of the molecule is CC1(C)c2ccccc2-c2cc3c(cc21)-c1ccc(-c2c4ccccc4c(-c4cccc5sc6ccccc6c45)c4ccccc24)cc1C3(C)C. The summed E-state index contributed by atoms with van der Waals surface area (Å²) in [5, 5.41) is 7.89.